The van der Waals surface area contributed by atoms with Crippen molar-refractivity contribution in [2.75, 3.05) is 0 Å². The van der Waals surface area contributed by atoms with Gasteiger partial charge in [-0.1, -0.05) is 23.7 Å². The molecule has 0 atom stereocenters. The van der Waals surface area contributed by atoms with Crippen molar-refractivity contribution < 1.29 is 53.0 Å². The molecule has 4 rings (SSSR count). The SMILES string of the molecule is O=C([O-])c1cccc(C2=C(c3cc(F)ccc3OCc3c(F)cccc3Cl)CCC2)n1.[Na+]. The van der Waals surface area contributed by atoms with Gasteiger partial charge in [0.2, 0.25) is 0 Å². The molecule has 158 valence electrons. The second kappa shape index (κ2) is 10.6. The van der Waals surface area contributed by atoms with Crippen LogP contribution in [0.3, 0.4) is 0 Å². The maximum atomic E-state index is 14.1. The molecular weight excluding hydrogens is 447 g/mol. The van der Waals surface area contributed by atoms with E-state index >= 15 is 0 Å². The van der Waals surface area contributed by atoms with Gasteiger partial charge in [0, 0.05) is 11.1 Å². The second-order valence-electron chi connectivity index (χ2n) is 7.14. The van der Waals surface area contributed by atoms with Gasteiger partial charge in [-0.2, -0.15) is 0 Å². The van der Waals surface area contributed by atoms with Crippen LogP contribution in [0.2, 0.25) is 5.02 Å². The van der Waals surface area contributed by atoms with Crippen LogP contribution in [0.15, 0.2) is 54.6 Å². The number of pyridine rings is 1. The number of hydrogen-bond acceptors (Lipinski definition) is 4. The number of carbonyl (C=O) groups excluding carboxylic acids is 1. The molecular formula is C24H17ClF2NNaO3. The van der Waals surface area contributed by atoms with E-state index in [-0.39, 0.29) is 52.4 Å². The van der Waals surface area contributed by atoms with Crippen LogP contribution in [0, 0.1) is 11.6 Å². The molecule has 32 heavy (non-hydrogen) atoms. The van der Waals surface area contributed by atoms with Crippen LogP contribution < -0.4 is 39.4 Å². The molecule has 4 nitrogen and oxygen atoms in total. The van der Waals surface area contributed by atoms with Crippen LogP contribution in [-0.4, -0.2) is 11.0 Å². The first-order valence-corrected chi connectivity index (χ1v) is 10.1. The Labute approximate surface area is 211 Å². The Morgan fingerprint density at radius 1 is 1.06 bits per heavy atom. The maximum Gasteiger partial charge on any atom is 1.00 e. The van der Waals surface area contributed by atoms with Crippen molar-refractivity contribution in [2.45, 2.75) is 25.9 Å². The molecule has 3 aromatic rings. The Hall–Kier alpha value is -2.25. The minimum atomic E-state index is -1.36. The van der Waals surface area contributed by atoms with Crippen molar-refractivity contribution in [2.24, 2.45) is 0 Å². The number of halogens is 3. The van der Waals surface area contributed by atoms with Gasteiger partial charge >= 0.3 is 29.6 Å². The van der Waals surface area contributed by atoms with Gasteiger partial charge in [0.1, 0.15) is 24.0 Å². The zero-order chi connectivity index (χ0) is 22.0. The Morgan fingerprint density at radius 3 is 2.56 bits per heavy atom. The van der Waals surface area contributed by atoms with Gasteiger partial charge < -0.3 is 14.6 Å². The number of ether oxygens (including phenoxy) is 1. The van der Waals surface area contributed by atoms with E-state index in [1.165, 1.54) is 36.4 Å². The van der Waals surface area contributed by atoms with E-state index in [2.05, 4.69) is 4.98 Å². The number of hydrogen-bond donors (Lipinski definition) is 0. The van der Waals surface area contributed by atoms with Crippen LogP contribution in [0.5, 0.6) is 5.75 Å². The number of carboxylic acid groups (broad SMARTS) is 1. The van der Waals surface area contributed by atoms with Crippen LogP contribution in [0.25, 0.3) is 11.1 Å². The third kappa shape index (κ3) is 5.21. The summed E-state index contributed by atoms with van der Waals surface area (Å²) in [6.07, 6.45) is 2.11. The number of carboxylic acids is 1. The average Bonchev–Trinajstić information content (AvgIpc) is 3.24. The molecule has 2 aromatic carbocycles. The summed E-state index contributed by atoms with van der Waals surface area (Å²) in [5, 5.41) is 11.4. The van der Waals surface area contributed by atoms with Gasteiger partial charge in [-0.15, -0.1) is 0 Å². The van der Waals surface area contributed by atoms with E-state index in [0.29, 0.717) is 29.8 Å². The largest absolute Gasteiger partial charge is 1.00 e. The summed E-state index contributed by atoms with van der Waals surface area (Å²) in [6.45, 7) is -0.120. The van der Waals surface area contributed by atoms with Gasteiger partial charge in [-0.05, 0) is 72.9 Å². The van der Waals surface area contributed by atoms with Crippen molar-refractivity contribution in [1.29, 1.82) is 0 Å². The number of nitrogens with zero attached hydrogens (tertiary/aromatic N) is 1. The molecule has 0 bridgehead atoms. The molecule has 0 fully saturated rings. The fraction of sp³-hybridized carbons (Fsp3) is 0.167. The van der Waals surface area contributed by atoms with Crippen LogP contribution >= 0.6 is 11.6 Å². The van der Waals surface area contributed by atoms with Gasteiger partial charge in [-0.3, -0.25) is 0 Å². The number of benzene rings is 2. The van der Waals surface area contributed by atoms with Crippen LogP contribution in [0.1, 0.15) is 46.6 Å². The smallest absolute Gasteiger partial charge is 0.543 e. The Balaban J connectivity index is 0.00000289. The van der Waals surface area contributed by atoms with E-state index in [0.717, 1.165) is 17.6 Å². The van der Waals surface area contributed by atoms with Gasteiger partial charge in [0.15, 0.2) is 0 Å². The summed E-state index contributed by atoms with van der Waals surface area (Å²) >= 11 is 6.08. The maximum absolute atomic E-state index is 14.1. The molecule has 0 amide bonds. The van der Waals surface area contributed by atoms with Crippen molar-refractivity contribution in [3.05, 3.63) is 93.8 Å². The van der Waals surface area contributed by atoms with E-state index in [1.807, 2.05) is 0 Å². The Bertz CT molecular complexity index is 1180. The molecule has 1 heterocycles. The molecule has 1 aliphatic rings. The van der Waals surface area contributed by atoms with E-state index in [9.17, 15) is 18.7 Å². The molecule has 0 saturated heterocycles. The van der Waals surface area contributed by atoms with Crippen molar-refractivity contribution in [1.82, 2.24) is 4.98 Å². The standard InChI is InChI=1S/C24H18ClF2NO3.Na/c25-19-6-2-7-20(27)18(19)13-31-23-11-10-14(26)12-17(23)15-4-1-5-16(15)21-8-3-9-22(28-21)24(29)30;/h2-3,6-12H,1,4-5,13H2,(H,29,30);/q;+1/p-1. The molecule has 0 radical (unpaired) electrons. The zero-order valence-corrected chi connectivity index (χ0v) is 20.1. The molecule has 0 aliphatic heterocycles. The molecule has 0 unspecified atom stereocenters. The van der Waals surface area contributed by atoms with E-state index < -0.39 is 17.6 Å². The van der Waals surface area contributed by atoms with E-state index in [1.54, 1.807) is 18.2 Å². The second-order valence-corrected chi connectivity index (χ2v) is 7.54. The Kier molecular flexibility index (Phi) is 8.06. The fourth-order valence-corrected chi connectivity index (χ4v) is 3.94. The number of aromatic nitrogens is 1. The first-order valence-electron chi connectivity index (χ1n) is 9.70. The predicted molar refractivity (Wildman–Crippen MR) is 111 cm³/mol. The van der Waals surface area contributed by atoms with E-state index in [4.69, 9.17) is 16.3 Å². The summed E-state index contributed by atoms with van der Waals surface area (Å²) in [7, 11) is 0. The normalized spacial score (nSPS) is 13.1. The predicted octanol–water partition coefficient (Wildman–Crippen LogP) is 2.05. The topological polar surface area (TPSA) is 62.2 Å². The summed E-state index contributed by atoms with van der Waals surface area (Å²) in [4.78, 5) is 15.4. The van der Waals surface area contributed by atoms with Crippen molar-refractivity contribution >= 4 is 28.7 Å². The summed E-state index contributed by atoms with van der Waals surface area (Å²) in [6, 6.07) is 13.2. The third-order valence-electron chi connectivity index (χ3n) is 5.19. The fourth-order valence-electron chi connectivity index (χ4n) is 3.72. The minimum absolute atomic E-state index is 0. The van der Waals surface area contributed by atoms with Crippen LogP contribution in [-0.2, 0) is 6.61 Å². The minimum Gasteiger partial charge on any atom is -0.543 e. The first kappa shape index (κ1) is 24.4. The quantitative estimate of drug-likeness (QED) is 0.525. The van der Waals surface area contributed by atoms with Crippen molar-refractivity contribution in [3.63, 3.8) is 0 Å². The van der Waals surface area contributed by atoms with Gasteiger partial charge in [-0.25, -0.2) is 13.8 Å². The van der Waals surface area contributed by atoms with Gasteiger partial charge in [0.05, 0.1) is 22.4 Å². The third-order valence-corrected chi connectivity index (χ3v) is 5.54. The number of aromatic carboxylic acids is 1. The molecule has 1 aromatic heterocycles. The summed E-state index contributed by atoms with van der Waals surface area (Å²) in [5.41, 5.74) is 2.71. The van der Waals surface area contributed by atoms with Crippen LogP contribution in [0.4, 0.5) is 8.78 Å². The first-order chi connectivity index (χ1) is 14.9. The summed E-state index contributed by atoms with van der Waals surface area (Å²) in [5.74, 6) is -1.91. The summed E-state index contributed by atoms with van der Waals surface area (Å²) < 4.78 is 34.1. The van der Waals surface area contributed by atoms with Crippen molar-refractivity contribution in [3.8, 4) is 5.75 Å². The molecule has 0 spiro atoms. The molecule has 0 saturated carbocycles. The average molecular weight is 464 g/mol. The van der Waals surface area contributed by atoms with Gasteiger partial charge in [0.25, 0.3) is 0 Å². The molecule has 0 N–H and O–H groups in total. The number of allylic oxidation sites excluding steroid dienone is 2. The molecule has 8 heteroatoms. The zero-order valence-electron chi connectivity index (χ0n) is 17.3. The monoisotopic (exact) mass is 463 g/mol. The molecule has 1 aliphatic carbocycles. The Morgan fingerprint density at radius 2 is 1.81 bits per heavy atom. The number of rotatable bonds is 6. The number of carbonyl (C=O) groups is 1.